The largest absolute Gasteiger partial charge is 0.393 e. The molecule has 1 aromatic heterocycles. The summed E-state index contributed by atoms with van der Waals surface area (Å²) in [6.45, 7) is 4.62. The molecule has 0 spiro atoms. The third kappa shape index (κ3) is 2.46. The second-order valence-electron chi connectivity index (χ2n) is 4.33. The van der Waals surface area contributed by atoms with E-state index < -0.39 is 0 Å². The van der Waals surface area contributed by atoms with Crippen LogP contribution in [0.15, 0.2) is 12.1 Å². The monoisotopic (exact) mass is 301 g/mol. The number of hydrogen-bond donors (Lipinski definition) is 1. The van der Waals surface area contributed by atoms with Crippen molar-refractivity contribution in [2.75, 3.05) is 0 Å². The third-order valence-corrected chi connectivity index (χ3v) is 4.05. The molecule has 0 saturated heterocycles. The summed E-state index contributed by atoms with van der Waals surface area (Å²) >= 11 is 17.0. The van der Waals surface area contributed by atoms with Crippen molar-refractivity contribution in [3.8, 4) is 0 Å². The lowest BCUT2D eigenvalue weighted by atomic mass is 10.2. The van der Waals surface area contributed by atoms with Crippen LogP contribution in [0.1, 0.15) is 12.7 Å². The lowest BCUT2D eigenvalue weighted by Crippen LogP contribution is -2.23. The molecular formula is C12H13Cl2N3S. The predicted molar refractivity (Wildman–Crippen MR) is 80.4 cm³/mol. The van der Waals surface area contributed by atoms with E-state index in [-0.39, 0.29) is 5.92 Å². The number of aryl methyl sites for hydroxylation is 1. The Bertz CT molecular complexity index is 621. The summed E-state index contributed by atoms with van der Waals surface area (Å²) in [5.41, 5.74) is 7.43. The number of halogens is 2. The van der Waals surface area contributed by atoms with Crippen LogP contribution in [0.5, 0.6) is 0 Å². The first kappa shape index (κ1) is 13.6. The van der Waals surface area contributed by atoms with Gasteiger partial charge < -0.3 is 10.3 Å². The van der Waals surface area contributed by atoms with Crippen LogP contribution in [-0.2, 0) is 6.54 Å². The molecule has 0 aliphatic carbocycles. The Morgan fingerprint density at radius 1 is 1.44 bits per heavy atom. The van der Waals surface area contributed by atoms with Gasteiger partial charge in [-0.15, -0.1) is 0 Å². The summed E-state index contributed by atoms with van der Waals surface area (Å²) in [6.07, 6.45) is 0. The number of benzene rings is 1. The number of thiocarbonyl (C=S) groups is 1. The second-order valence-corrected chi connectivity index (χ2v) is 5.61. The van der Waals surface area contributed by atoms with Gasteiger partial charge in [-0.25, -0.2) is 4.98 Å². The fourth-order valence-electron chi connectivity index (χ4n) is 1.83. The van der Waals surface area contributed by atoms with Gasteiger partial charge in [-0.3, -0.25) is 0 Å². The fourth-order valence-corrected chi connectivity index (χ4v) is 2.23. The molecule has 2 aromatic rings. The van der Waals surface area contributed by atoms with Crippen molar-refractivity contribution in [1.82, 2.24) is 9.55 Å². The van der Waals surface area contributed by atoms with E-state index in [1.54, 1.807) is 6.07 Å². The van der Waals surface area contributed by atoms with Crippen LogP contribution in [0, 0.1) is 12.8 Å². The van der Waals surface area contributed by atoms with Gasteiger partial charge in [-0.2, -0.15) is 0 Å². The standard InChI is InChI=1S/C12H13Cl2N3S/c1-6(12(15)18)5-17-7(2)16-10-3-8(13)9(14)4-11(10)17/h3-4,6H,5H2,1-2H3,(H2,15,18). The number of fused-ring (bicyclic) bond motifs is 1. The highest BCUT2D eigenvalue weighted by molar-refractivity contribution is 7.80. The minimum atomic E-state index is 0.102. The molecule has 0 radical (unpaired) electrons. The van der Waals surface area contributed by atoms with E-state index in [0.717, 1.165) is 16.9 Å². The minimum absolute atomic E-state index is 0.102. The van der Waals surface area contributed by atoms with Crippen LogP contribution >= 0.6 is 35.4 Å². The lowest BCUT2D eigenvalue weighted by Gasteiger charge is -2.13. The van der Waals surface area contributed by atoms with Crippen LogP contribution in [0.3, 0.4) is 0 Å². The van der Waals surface area contributed by atoms with Crippen molar-refractivity contribution < 1.29 is 0 Å². The molecule has 0 aliphatic rings. The average molecular weight is 302 g/mol. The molecule has 3 nitrogen and oxygen atoms in total. The topological polar surface area (TPSA) is 43.8 Å². The maximum absolute atomic E-state index is 6.04. The molecule has 1 aromatic carbocycles. The Morgan fingerprint density at radius 3 is 2.67 bits per heavy atom. The van der Waals surface area contributed by atoms with Crippen LogP contribution in [0.25, 0.3) is 11.0 Å². The second kappa shape index (κ2) is 5.03. The van der Waals surface area contributed by atoms with E-state index in [0.29, 0.717) is 21.6 Å². The lowest BCUT2D eigenvalue weighted by molar-refractivity contribution is 0.598. The summed E-state index contributed by atoms with van der Waals surface area (Å²) in [5, 5.41) is 1.03. The van der Waals surface area contributed by atoms with E-state index in [1.807, 2.05) is 19.9 Å². The van der Waals surface area contributed by atoms with E-state index in [2.05, 4.69) is 9.55 Å². The molecular weight excluding hydrogens is 289 g/mol. The zero-order chi connectivity index (χ0) is 13.4. The fraction of sp³-hybridized carbons (Fsp3) is 0.333. The predicted octanol–water partition coefficient (Wildman–Crippen LogP) is 3.57. The molecule has 1 heterocycles. The Kier molecular flexibility index (Phi) is 3.80. The van der Waals surface area contributed by atoms with Crippen molar-refractivity contribution in [1.29, 1.82) is 0 Å². The van der Waals surface area contributed by atoms with Crippen molar-refractivity contribution in [2.24, 2.45) is 11.7 Å². The molecule has 1 atom stereocenters. The average Bonchev–Trinajstić information content (AvgIpc) is 2.56. The molecule has 6 heteroatoms. The summed E-state index contributed by atoms with van der Waals surface area (Å²) < 4.78 is 2.06. The Morgan fingerprint density at radius 2 is 2.06 bits per heavy atom. The summed E-state index contributed by atoms with van der Waals surface area (Å²) in [4.78, 5) is 4.96. The first-order chi connectivity index (χ1) is 8.40. The number of imidazole rings is 1. The third-order valence-electron chi connectivity index (χ3n) is 2.92. The van der Waals surface area contributed by atoms with Gasteiger partial charge in [-0.05, 0) is 19.1 Å². The number of rotatable bonds is 3. The molecule has 18 heavy (non-hydrogen) atoms. The highest BCUT2D eigenvalue weighted by Gasteiger charge is 2.14. The number of hydrogen-bond acceptors (Lipinski definition) is 2. The van der Waals surface area contributed by atoms with Crippen molar-refractivity contribution in [3.63, 3.8) is 0 Å². The normalized spacial score (nSPS) is 12.9. The first-order valence-electron chi connectivity index (χ1n) is 5.51. The zero-order valence-electron chi connectivity index (χ0n) is 10.1. The molecule has 0 amide bonds. The zero-order valence-corrected chi connectivity index (χ0v) is 12.4. The molecule has 96 valence electrons. The van der Waals surface area contributed by atoms with E-state index in [1.165, 1.54) is 0 Å². The molecule has 0 saturated carbocycles. The molecule has 0 aliphatic heterocycles. The van der Waals surface area contributed by atoms with E-state index in [9.17, 15) is 0 Å². The van der Waals surface area contributed by atoms with Crippen LogP contribution < -0.4 is 5.73 Å². The molecule has 0 fully saturated rings. The van der Waals surface area contributed by atoms with E-state index >= 15 is 0 Å². The Labute approximate surface area is 121 Å². The van der Waals surface area contributed by atoms with Crippen molar-refractivity contribution >= 4 is 51.4 Å². The Hall–Kier alpha value is -0.840. The van der Waals surface area contributed by atoms with Gasteiger partial charge in [0.1, 0.15) is 5.82 Å². The summed E-state index contributed by atoms with van der Waals surface area (Å²) in [5.74, 6) is 0.997. The van der Waals surface area contributed by atoms with Crippen molar-refractivity contribution in [3.05, 3.63) is 28.0 Å². The van der Waals surface area contributed by atoms with E-state index in [4.69, 9.17) is 41.2 Å². The van der Waals surface area contributed by atoms with Gasteiger partial charge in [0.25, 0.3) is 0 Å². The summed E-state index contributed by atoms with van der Waals surface area (Å²) in [7, 11) is 0. The maximum atomic E-state index is 6.04. The quantitative estimate of drug-likeness (QED) is 0.881. The van der Waals surface area contributed by atoms with Gasteiger partial charge >= 0.3 is 0 Å². The highest BCUT2D eigenvalue weighted by Crippen LogP contribution is 2.28. The van der Waals surface area contributed by atoms with Gasteiger partial charge in [0.05, 0.1) is 26.1 Å². The number of nitrogens with zero attached hydrogens (tertiary/aromatic N) is 2. The van der Waals surface area contributed by atoms with Gasteiger partial charge in [0.15, 0.2) is 0 Å². The minimum Gasteiger partial charge on any atom is -0.393 e. The van der Waals surface area contributed by atoms with Gasteiger partial charge in [0, 0.05) is 12.5 Å². The van der Waals surface area contributed by atoms with Gasteiger partial charge in [-0.1, -0.05) is 42.3 Å². The number of aromatic nitrogens is 2. The smallest absolute Gasteiger partial charge is 0.106 e. The van der Waals surface area contributed by atoms with Crippen LogP contribution in [-0.4, -0.2) is 14.5 Å². The first-order valence-corrected chi connectivity index (χ1v) is 6.67. The number of nitrogens with two attached hydrogens (primary N) is 1. The molecule has 0 bridgehead atoms. The highest BCUT2D eigenvalue weighted by atomic mass is 35.5. The molecule has 1 unspecified atom stereocenters. The van der Waals surface area contributed by atoms with Crippen LogP contribution in [0.2, 0.25) is 10.0 Å². The molecule has 2 rings (SSSR count). The maximum Gasteiger partial charge on any atom is 0.106 e. The summed E-state index contributed by atoms with van der Waals surface area (Å²) in [6, 6.07) is 3.60. The molecule has 2 N–H and O–H groups in total. The van der Waals surface area contributed by atoms with Crippen molar-refractivity contribution in [2.45, 2.75) is 20.4 Å². The van der Waals surface area contributed by atoms with Crippen LogP contribution in [0.4, 0.5) is 0 Å². The Balaban J connectivity index is 2.53. The van der Waals surface area contributed by atoms with Gasteiger partial charge in [0.2, 0.25) is 0 Å². The SMILES string of the molecule is Cc1nc2cc(Cl)c(Cl)cc2n1CC(C)C(N)=S.